The summed E-state index contributed by atoms with van der Waals surface area (Å²) >= 11 is 12.1. The van der Waals surface area contributed by atoms with E-state index in [1.165, 1.54) is 56.5 Å². The topological polar surface area (TPSA) is 134 Å². The van der Waals surface area contributed by atoms with Crippen LogP contribution in [0.25, 0.3) is 0 Å². The van der Waals surface area contributed by atoms with Crippen LogP contribution in [0.3, 0.4) is 0 Å². The summed E-state index contributed by atoms with van der Waals surface area (Å²) in [5.41, 5.74) is 0.257. The predicted octanol–water partition coefficient (Wildman–Crippen LogP) is 5.57. The molecule has 0 spiro atoms. The standard InChI is InChI=1S/C27H32Cl2N6O6S/c1-7-23(36)41-24-20(11-10-12-22(24)40-27(37)33(4)5)31-25-21(16-30-26(32-25)35(8-2)9-3)34(6)42(38,39)17-13-14-18(28)19(29)15-17/h10-16H,7-9H2,1-6H3,(H,30,31,32). The van der Waals surface area contributed by atoms with Gasteiger partial charge < -0.3 is 24.6 Å². The number of nitrogens with zero attached hydrogens (tertiary/aromatic N) is 5. The Balaban J connectivity index is 2.19. The maximum Gasteiger partial charge on any atom is 0.414 e. The molecule has 0 fully saturated rings. The number of carbonyl (C=O) groups excluding carboxylic acids is 2. The van der Waals surface area contributed by atoms with Crippen molar-refractivity contribution in [3.63, 3.8) is 0 Å². The average Bonchev–Trinajstić information content (AvgIpc) is 2.96. The second-order valence-electron chi connectivity index (χ2n) is 8.97. The third-order valence-corrected chi connectivity index (χ3v) is 8.50. The van der Waals surface area contributed by atoms with Crippen molar-refractivity contribution in [2.75, 3.05) is 48.8 Å². The van der Waals surface area contributed by atoms with Crippen LogP contribution in [-0.4, -0.2) is 69.6 Å². The summed E-state index contributed by atoms with van der Waals surface area (Å²) in [6.07, 6.45) is 0.719. The van der Waals surface area contributed by atoms with Crippen LogP contribution in [0.2, 0.25) is 10.0 Å². The van der Waals surface area contributed by atoms with E-state index in [0.717, 1.165) is 4.31 Å². The highest BCUT2D eigenvalue weighted by Crippen LogP contribution is 2.40. The van der Waals surface area contributed by atoms with E-state index in [-0.39, 0.29) is 50.1 Å². The second kappa shape index (κ2) is 13.9. The minimum Gasteiger partial charge on any atom is -0.420 e. The molecule has 3 rings (SSSR count). The van der Waals surface area contributed by atoms with Gasteiger partial charge in [0.15, 0.2) is 17.3 Å². The summed E-state index contributed by atoms with van der Waals surface area (Å²) in [6, 6.07) is 8.59. The molecule has 42 heavy (non-hydrogen) atoms. The number of nitrogens with one attached hydrogen (secondary N) is 1. The highest BCUT2D eigenvalue weighted by atomic mass is 35.5. The van der Waals surface area contributed by atoms with Crippen LogP contribution in [-0.2, 0) is 14.8 Å². The maximum atomic E-state index is 13.6. The fourth-order valence-corrected chi connectivity index (χ4v) is 5.15. The Morgan fingerprint density at radius 2 is 1.67 bits per heavy atom. The molecule has 0 aliphatic carbocycles. The average molecular weight is 640 g/mol. The third kappa shape index (κ3) is 7.33. The number of ether oxygens (including phenoxy) is 2. The van der Waals surface area contributed by atoms with Crippen molar-refractivity contribution in [1.82, 2.24) is 14.9 Å². The van der Waals surface area contributed by atoms with Gasteiger partial charge in [-0.15, -0.1) is 0 Å². The van der Waals surface area contributed by atoms with Gasteiger partial charge >= 0.3 is 12.1 Å². The first-order valence-corrected chi connectivity index (χ1v) is 15.1. The van der Waals surface area contributed by atoms with Gasteiger partial charge in [0, 0.05) is 40.7 Å². The zero-order valence-electron chi connectivity index (χ0n) is 24.0. The minimum atomic E-state index is -4.16. The monoisotopic (exact) mass is 638 g/mol. The van der Waals surface area contributed by atoms with Gasteiger partial charge in [-0.1, -0.05) is 36.2 Å². The number of hydrogen-bond donors (Lipinski definition) is 1. The van der Waals surface area contributed by atoms with E-state index in [4.69, 9.17) is 32.7 Å². The Bertz CT molecular complexity index is 1570. The lowest BCUT2D eigenvalue weighted by Gasteiger charge is -2.25. The second-order valence-corrected chi connectivity index (χ2v) is 11.8. The molecule has 0 saturated heterocycles. The lowest BCUT2D eigenvalue weighted by atomic mass is 10.2. The Labute approximate surface area is 255 Å². The molecule has 2 aromatic carbocycles. The predicted molar refractivity (Wildman–Crippen MR) is 163 cm³/mol. The van der Waals surface area contributed by atoms with Crippen molar-refractivity contribution in [2.45, 2.75) is 32.1 Å². The molecule has 1 aromatic heterocycles. The van der Waals surface area contributed by atoms with Gasteiger partial charge in [-0.05, 0) is 44.2 Å². The van der Waals surface area contributed by atoms with Crippen molar-refractivity contribution in [2.24, 2.45) is 0 Å². The first-order chi connectivity index (χ1) is 19.8. The number of benzene rings is 2. The van der Waals surface area contributed by atoms with Crippen molar-refractivity contribution in [3.8, 4) is 11.5 Å². The summed E-state index contributed by atoms with van der Waals surface area (Å²) in [6.45, 7) is 6.65. The smallest absolute Gasteiger partial charge is 0.414 e. The number of aromatic nitrogens is 2. The molecule has 0 aliphatic heterocycles. The van der Waals surface area contributed by atoms with Crippen LogP contribution in [0.5, 0.6) is 11.5 Å². The number of carbonyl (C=O) groups is 2. The van der Waals surface area contributed by atoms with E-state index < -0.39 is 22.1 Å². The normalized spacial score (nSPS) is 11.0. The quantitative estimate of drug-likeness (QED) is 0.210. The molecule has 3 aromatic rings. The highest BCUT2D eigenvalue weighted by molar-refractivity contribution is 7.92. The van der Waals surface area contributed by atoms with Gasteiger partial charge in [0.05, 0.1) is 26.8 Å². The minimum absolute atomic E-state index is 0.0307. The molecule has 1 heterocycles. The molecule has 1 amide bonds. The molecule has 0 radical (unpaired) electrons. The Hall–Kier alpha value is -3.81. The molecular formula is C27H32Cl2N6O6S. The van der Waals surface area contributed by atoms with Crippen molar-refractivity contribution < 1.29 is 27.5 Å². The van der Waals surface area contributed by atoms with E-state index in [0.29, 0.717) is 19.0 Å². The van der Waals surface area contributed by atoms with E-state index in [1.807, 2.05) is 18.7 Å². The van der Waals surface area contributed by atoms with Gasteiger partial charge in [0.2, 0.25) is 5.95 Å². The first kappa shape index (κ1) is 32.7. The van der Waals surface area contributed by atoms with Crippen LogP contribution < -0.4 is 24.0 Å². The molecule has 0 aliphatic rings. The third-order valence-electron chi connectivity index (χ3n) is 5.99. The molecule has 0 unspecified atom stereocenters. The summed E-state index contributed by atoms with van der Waals surface area (Å²) in [4.78, 5) is 36.7. The van der Waals surface area contributed by atoms with E-state index in [2.05, 4.69) is 15.3 Å². The van der Waals surface area contributed by atoms with Crippen molar-refractivity contribution in [3.05, 3.63) is 52.6 Å². The van der Waals surface area contributed by atoms with Crippen molar-refractivity contribution >= 4 is 68.4 Å². The Kier molecular flexibility index (Phi) is 10.8. The number of esters is 1. The molecule has 0 saturated carbocycles. The van der Waals surface area contributed by atoms with E-state index >= 15 is 0 Å². The van der Waals surface area contributed by atoms with Crippen LogP contribution in [0.15, 0.2) is 47.5 Å². The van der Waals surface area contributed by atoms with Crippen LogP contribution >= 0.6 is 23.2 Å². The molecular weight excluding hydrogens is 607 g/mol. The fraction of sp³-hybridized carbons (Fsp3) is 0.333. The number of amides is 1. The molecule has 15 heteroatoms. The number of halogens is 2. The summed E-state index contributed by atoms with van der Waals surface area (Å²) < 4.78 is 39.2. The number of rotatable bonds is 11. The van der Waals surface area contributed by atoms with Gasteiger partial charge in [0.1, 0.15) is 5.69 Å². The van der Waals surface area contributed by atoms with Crippen LogP contribution in [0, 0.1) is 0 Å². The number of anilines is 4. The number of hydrogen-bond acceptors (Lipinski definition) is 10. The molecule has 0 atom stereocenters. The highest BCUT2D eigenvalue weighted by Gasteiger charge is 2.27. The lowest BCUT2D eigenvalue weighted by Crippen LogP contribution is -2.29. The van der Waals surface area contributed by atoms with Gasteiger partial charge in [-0.25, -0.2) is 18.2 Å². The lowest BCUT2D eigenvalue weighted by molar-refractivity contribution is -0.134. The number of sulfonamides is 1. The Morgan fingerprint density at radius 1 is 0.976 bits per heavy atom. The molecule has 1 N–H and O–H groups in total. The van der Waals surface area contributed by atoms with Gasteiger partial charge in [-0.2, -0.15) is 4.98 Å². The molecule has 226 valence electrons. The zero-order chi connectivity index (χ0) is 31.2. The first-order valence-electron chi connectivity index (χ1n) is 12.9. The van der Waals surface area contributed by atoms with Crippen LogP contribution in [0.4, 0.5) is 27.9 Å². The van der Waals surface area contributed by atoms with Crippen LogP contribution in [0.1, 0.15) is 27.2 Å². The summed E-state index contributed by atoms with van der Waals surface area (Å²) in [5, 5.41) is 3.35. The maximum absolute atomic E-state index is 13.6. The van der Waals surface area contributed by atoms with E-state index in [1.54, 1.807) is 19.1 Å². The fourth-order valence-electron chi connectivity index (χ4n) is 3.57. The molecule has 12 nitrogen and oxygen atoms in total. The van der Waals surface area contributed by atoms with Gasteiger partial charge in [0.25, 0.3) is 10.0 Å². The Morgan fingerprint density at radius 3 is 2.26 bits per heavy atom. The summed E-state index contributed by atoms with van der Waals surface area (Å²) in [5.74, 6) is -0.297. The van der Waals surface area contributed by atoms with Crippen molar-refractivity contribution in [1.29, 1.82) is 0 Å². The van der Waals surface area contributed by atoms with E-state index in [9.17, 15) is 18.0 Å². The zero-order valence-corrected chi connectivity index (χ0v) is 26.3. The molecule has 0 bridgehead atoms. The number of para-hydroxylation sites is 1. The SMILES string of the molecule is CCC(=O)Oc1c(Nc2nc(N(CC)CC)ncc2N(C)S(=O)(=O)c2ccc(Cl)c(Cl)c2)cccc1OC(=O)N(C)C. The summed E-state index contributed by atoms with van der Waals surface area (Å²) in [7, 11) is 0.195. The van der Waals surface area contributed by atoms with Gasteiger partial charge in [-0.3, -0.25) is 9.10 Å². The largest absolute Gasteiger partial charge is 0.420 e.